The van der Waals surface area contributed by atoms with Gasteiger partial charge in [-0.2, -0.15) is 0 Å². The molecule has 23 heavy (non-hydrogen) atoms. The molecule has 2 aromatic rings. The minimum atomic E-state index is -0.350. The van der Waals surface area contributed by atoms with E-state index >= 15 is 0 Å². The first-order chi connectivity index (χ1) is 11.0. The first-order valence-electron chi connectivity index (χ1n) is 6.65. The standard InChI is InChI=1S/C16H10Cl2N2O2S/c17-11-5-4-10(13(18)7-11)9-20-15(21)14(23-16(20)22)8-12-3-1-2-6-19-12/h1-8H,9H2/b14-8-. The third-order valence-electron chi connectivity index (χ3n) is 3.18. The number of benzene rings is 1. The van der Waals surface area contributed by atoms with Crippen LogP contribution in [0.5, 0.6) is 0 Å². The van der Waals surface area contributed by atoms with Gasteiger partial charge < -0.3 is 0 Å². The largest absolute Gasteiger partial charge is 0.293 e. The summed E-state index contributed by atoms with van der Waals surface area (Å²) < 4.78 is 0. The Morgan fingerprint density at radius 2 is 2.00 bits per heavy atom. The second-order valence-corrected chi connectivity index (χ2v) is 6.60. The third-order valence-corrected chi connectivity index (χ3v) is 4.68. The smallest absolute Gasteiger partial charge is 0.268 e. The molecule has 3 rings (SSSR count). The van der Waals surface area contributed by atoms with Crippen LogP contribution in [0.2, 0.25) is 10.0 Å². The number of carbonyl (C=O) groups excluding carboxylic acids is 2. The van der Waals surface area contributed by atoms with E-state index in [1.54, 1.807) is 42.6 Å². The van der Waals surface area contributed by atoms with Crippen LogP contribution in [0.1, 0.15) is 11.3 Å². The van der Waals surface area contributed by atoms with Gasteiger partial charge in [0.2, 0.25) is 0 Å². The third kappa shape index (κ3) is 3.58. The van der Waals surface area contributed by atoms with Crippen LogP contribution in [-0.4, -0.2) is 21.0 Å². The molecule has 116 valence electrons. The minimum absolute atomic E-state index is 0.111. The fourth-order valence-corrected chi connectivity index (χ4v) is 3.34. The molecule has 1 aliphatic rings. The lowest BCUT2D eigenvalue weighted by Crippen LogP contribution is -2.27. The number of aromatic nitrogens is 1. The van der Waals surface area contributed by atoms with Gasteiger partial charge in [-0.1, -0.05) is 35.3 Å². The molecule has 1 aromatic heterocycles. The lowest BCUT2D eigenvalue weighted by Gasteiger charge is -2.13. The molecule has 7 heteroatoms. The van der Waals surface area contributed by atoms with Gasteiger partial charge in [0.25, 0.3) is 11.1 Å². The zero-order chi connectivity index (χ0) is 16.4. The molecule has 0 bridgehead atoms. The predicted octanol–water partition coefficient (Wildman–Crippen LogP) is 4.62. The Bertz CT molecular complexity index is 809. The Morgan fingerprint density at radius 1 is 1.17 bits per heavy atom. The van der Waals surface area contributed by atoms with Crippen LogP contribution in [0.4, 0.5) is 4.79 Å². The van der Waals surface area contributed by atoms with Gasteiger partial charge >= 0.3 is 0 Å². The molecule has 0 aliphatic carbocycles. The van der Waals surface area contributed by atoms with Crippen LogP contribution in [0, 0.1) is 0 Å². The Kier molecular flexibility index (Phi) is 4.71. The van der Waals surface area contributed by atoms with Crippen molar-refractivity contribution >= 4 is 52.2 Å². The molecular weight excluding hydrogens is 355 g/mol. The molecule has 2 amide bonds. The lowest BCUT2D eigenvalue weighted by molar-refractivity contribution is -0.123. The van der Waals surface area contributed by atoms with E-state index in [2.05, 4.69) is 4.98 Å². The SMILES string of the molecule is O=C1S/C(=C\c2ccccn2)C(=O)N1Cc1ccc(Cl)cc1Cl. The topological polar surface area (TPSA) is 50.3 Å². The normalized spacial score (nSPS) is 16.4. The van der Waals surface area contributed by atoms with E-state index in [-0.39, 0.29) is 17.7 Å². The molecule has 0 N–H and O–H groups in total. The van der Waals surface area contributed by atoms with Crippen LogP contribution in [0.25, 0.3) is 6.08 Å². The van der Waals surface area contributed by atoms with Crippen molar-refractivity contribution in [3.05, 3.63) is 68.8 Å². The Labute approximate surface area is 147 Å². The highest BCUT2D eigenvalue weighted by Crippen LogP contribution is 2.34. The fourth-order valence-electron chi connectivity index (χ4n) is 2.05. The Hall–Kier alpha value is -1.82. The molecule has 0 spiro atoms. The molecule has 4 nitrogen and oxygen atoms in total. The highest BCUT2D eigenvalue weighted by Gasteiger charge is 2.35. The van der Waals surface area contributed by atoms with Gasteiger partial charge in [-0.15, -0.1) is 0 Å². The van der Waals surface area contributed by atoms with Gasteiger partial charge in [-0.25, -0.2) is 0 Å². The summed E-state index contributed by atoms with van der Waals surface area (Å²) in [5, 5.41) is 0.594. The molecule has 1 saturated heterocycles. The molecule has 1 fully saturated rings. The molecular formula is C16H10Cl2N2O2S. The molecule has 1 aromatic carbocycles. The first kappa shape index (κ1) is 16.1. The number of hydrogen-bond donors (Lipinski definition) is 0. The highest BCUT2D eigenvalue weighted by molar-refractivity contribution is 8.18. The lowest BCUT2D eigenvalue weighted by atomic mass is 10.2. The number of amides is 2. The van der Waals surface area contributed by atoms with Gasteiger partial charge in [0, 0.05) is 16.2 Å². The molecule has 1 aliphatic heterocycles. The van der Waals surface area contributed by atoms with Crippen LogP contribution >= 0.6 is 35.0 Å². The number of pyridine rings is 1. The number of thioether (sulfide) groups is 1. The first-order valence-corrected chi connectivity index (χ1v) is 8.22. The van der Waals surface area contributed by atoms with Gasteiger partial charge in [0.1, 0.15) is 0 Å². The maximum absolute atomic E-state index is 12.4. The summed E-state index contributed by atoms with van der Waals surface area (Å²) in [6.45, 7) is 0.111. The molecule has 0 atom stereocenters. The van der Waals surface area contributed by atoms with E-state index in [1.165, 1.54) is 0 Å². The monoisotopic (exact) mass is 364 g/mol. The highest BCUT2D eigenvalue weighted by atomic mass is 35.5. The predicted molar refractivity (Wildman–Crippen MR) is 92.2 cm³/mol. The van der Waals surface area contributed by atoms with Crippen molar-refractivity contribution in [3.63, 3.8) is 0 Å². The van der Waals surface area contributed by atoms with Crippen LogP contribution in [0.3, 0.4) is 0 Å². The second kappa shape index (κ2) is 6.74. The quantitative estimate of drug-likeness (QED) is 0.745. The van der Waals surface area contributed by atoms with E-state index in [1.807, 2.05) is 6.07 Å². The molecule has 0 radical (unpaired) electrons. The number of halogens is 2. The minimum Gasteiger partial charge on any atom is -0.268 e. The van der Waals surface area contributed by atoms with E-state index in [0.29, 0.717) is 26.2 Å². The van der Waals surface area contributed by atoms with Crippen molar-refractivity contribution in [1.29, 1.82) is 0 Å². The van der Waals surface area contributed by atoms with Crippen molar-refractivity contribution in [1.82, 2.24) is 9.88 Å². The van der Waals surface area contributed by atoms with Gasteiger partial charge in [0.15, 0.2) is 0 Å². The summed E-state index contributed by atoms with van der Waals surface area (Å²) in [5.74, 6) is -0.350. The Morgan fingerprint density at radius 3 is 2.70 bits per heavy atom. The number of imide groups is 1. The zero-order valence-electron chi connectivity index (χ0n) is 11.7. The van der Waals surface area contributed by atoms with Crippen LogP contribution in [-0.2, 0) is 11.3 Å². The number of hydrogen-bond acceptors (Lipinski definition) is 4. The number of carbonyl (C=O) groups is 2. The van der Waals surface area contributed by atoms with Gasteiger partial charge in [-0.3, -0.25) is 19.5 Å². The Balaban J connectivity index is 1.83. The molecule has 2 heterocycles. The van der Waals surface area contributed by atoms with Crippen LogP contribution < -0.4 is 0 Å². The van der Waals surface area contributed by atoms with Crippen molar-refractivity contribution in [2.45, 2.75) is 6.54 Å². The summed E-state index contributed by atoms with van der Waals surface area (Å²) in [5.41, 5.74) is 1.29. The summed E-state index contributed by atoms with van der Waals surface area (Å²) in [6, 6.07) is 10.3. The summed E-state index contributed by atoms with van der Waals surface area (Å²) >= 11 is 12.9. The maximum Gasteiger partial charge on any atom is 0.293 e. The number of rotatable bonds is 3. The average Bonchev–Trinajstić information content (AvgIpc) is 2.78. The van der Waals surface area contributed by atoms with Gasteiger partial charge in [-0.05, 0) is 47.7 Å². The van der Waals surface area contributed by atoms with E-state index in [4.69, 9.17) is 23.2 Å². The fraction of sp³-hybridized carbons (Fsp3) is 0.0625. The number of nitrogens with zero attached hydrogens (tertiary/aromatic N) is 2. The van der Waals surface area contributed by atoms with Crippen molar-refractivity contribution in [2.75, 3.05) is 0 Å². The zero-order valence-corrected chi connectivity index (χ0v) is 14.0. The molecule has 0 saturated carbocycles. The van der Waals surface area contributed by atoms with E-state index < -0.39 is 0 Å². The van der Waals surface area contributed by atoms with Crippen molar-refractivity contribution in [3.8, 4) is 0 Å². The van der Waals surface area contributed by atoms with Crippen LogP contribution in [0.15, 0.2) is 47.5 Å². The van der Waals surface area contributed by atoms with E-state index in [0.717, 1.165) is 16.7 Å². The summed E-state index contributed by atoms with van der Waals surface area (Å²) in [7, 11) is 0. The van der Waals surface area contributed by atoms with Crippen molar-refractivity contribution in [2.24, 2.45) is 0 Å². The molecule has 0 unspecified atom stereocenters. The maximum atomic E-state index is 12.4. The van der Waals surface area contributed by atoms with Crippen molar-refractivity contribution < 1.29 is 9.59 Å². The summed E-state index contributed by atoms with van der Waals surface area (Å²) in [6.07, 6.45) is 3.23. The van der Waals surface area contributed by atoms with Gasteiger partial charge in [0.05, 0.1) is 17.1 Å². The second-order valence-electron chi connectivity index (χ2n) is 4.76. The average molecular weight is 365 g/mol. The summed E-state index contributed by atoms with van der Waals surface area (Å²) in [4.78, 5) is 30.2. The van der Waals surface area contributed by atoms with E-state index in [9.17, 15) is 9.59 Å².